The van der Waals surface area contributed by atoms with Gasteiger partial charge in [0.2, 0.25) is 6.17 Å². The van der Waals surface area contributed by atoms with Gasteiger partial charge in [-0.05, 0) is 41.0 Å². The van der Waals surface area contributed by atoms with E-state index in [0.717, 1.165) is 31.3 Å². The number of rotatable bonds is 9. The van der Waals surface area contributed by atoms with Crippen LogP contribution in [0.3, 0.4) is 0 Å². The van der Waals surface area contributed by atoms with E-state index in [9.17, 15) is 10.3 Å². The van der Waals surface area contributed by atoms with Gasteiger partial charge in [0.1, 0.15) is 0 Å². The summed E-state index contributed by atoms with van der Waals surface area (Å²) in [4.78, 5) is 5.64. The Labute approximate surface area is 156 Å². The first-order chi connectivity index (χ1) is 12.3. The van der Waals surface area contributed by atoms with Crippen molar-refractivity contribution in [1.29, 1.82) is 0 Å². The lowest BCUT2D eigenvalue weighted by atomic mass is 9.73. The Balaban J connectivity index is 1.97. The molecule has 0 bridgehead atoms. The SMILES string of the molecule is CC(N)[NH+](O)OC1=C(CC(O)OCCc2ccccc2)C(C)(C)CCC1. The first-order valence-corrected chi connectivity index (χ1v) is 9.35. The van der Waals surface area contributed by atoms with Gasteiger partial charge >= 0.3 is 0 Å². The third-order valence-electron chi connectivity index (χ3n) is 4.90. The molecule has 6 heteroatoms. The fraction of sp³-hybridized carbons (Fsp3) is 0.600. The number of benzene rings is 1. The lowest BCUT2D eigenvalue weighted by Crippen LogP contribution is -3.13. The molecule has 6 nitrogen and oxygen atoms in total. The minimum atomic E-state index is -0.901. The topological polar surface area (TPSA) is 89.4 Å². The third-order valence-corrected chi connectivity index (χ3v) is 4.90. The van der Waals surface area contributed by atoms with Crippen LogP contribution in [0, 0.1) is 5.41 Å². The van der Waals surface area contributed by atoms with Crippen LogP contribution in [0.4, 0.5) is 0 Å². The number of aliphatic hydroxyl groups excluding tert-OH is 1. The number of hydroxylamine groups is 2. The van der Waals surface area contributed by atoms with Crippen molar-refractivity contribution in [2.75, 3.05) is 6.61 Å². The van der Waals surface area contributed by atoms with Crippen LogP contribution >= 0.6 is 0 Å². The van der Waals surface area contributed by atoms with Gasteiger partial charge in [-0.15, -0.1) is 0 Å². The monoisotopic (exact) mass is 365 g/mol. The molecule has 0 amide bonds. The van der Waals surface area contributed by atoms with E-state index in [4.69, 9.17) is 15.3 Å². The van der Waals surface area contributed by atoms with Crippen molar-refractivity contribution in [3.8, 4) is 0 Å². The maximum atomic E-state index is 10.4. The average Bonchev–Trinajstić information content (AvgIpc) is 2.58. The van der Waals surface area contributed by atoms with Crippen LogP contribution in [0.5, 0.6) is 0 Å². The van der Waals surface area contributed by atoms with Gasteiger partial charge in [-0.25, -0.2) is 0 Å². The Morgan fingerprint density at radius 2 is 1.96 bits per heavy atom. The number of hydrogen-bond acceptors (Lipinski definition) is 5. The quantitative estimate of drug-likeness (QED) is 0.397. The maximum Gasteiger partial charge on any atom is 0.207 e. The van der Waals surface area contributed by atoms with E-state index in [1.54, 1.807) is 6.92 Å². The Kier molecular flexibility index (Phi) is 7.61. The molecule has 0 aromatic heterocycles. The Bertz CT molecular complexity index is 587. The Morgan fingerprint density at radius 3 is 2.62 bits per heavy atom. The number of quaternary nitrogens is 1. The van der Waals surface area contributed by atoms with E-state index in [2.05, 4.69) is 13.8 Å². The number of aliphatic hydroxyl groups is 1. The zero-order valence-corrected chi connectivity index (χ0v) is 16.1. The number of nitrogens with two attached hydrogens (primary N) is 1. The van der Waals surface area contributed by atoms with Gasteiger partial charge in [0.25, 0.3) is 0 Å². The molecule has 0 fully saturated rings. The van der Waals surface area contributed by atoms with Crippen LogP contribution in [0.1, 0.15) is 52.0 Å². The van der Waals surface area contributed by atoms with Crippen LogP contribution in [-0.4, -0.2) is 29.4 Å². The minimum absolute atomic E-state index is 0.116. The smallest absolute Gasteiger partial charge is 0.207 e. The molecule has 146 valence electrons. The lowest BCUT2D eigenvalue weighted by Gasteiger charge is -2.35. The summed E-state index contributed by atoms with van der Waals surface area (Å²) < 4.78 is 5.61. The van der Waals surface area contributed by atoms with Crippen LogP contribution in [0.2, 0.25) is 0 Å². The second-order valence-electron chi connectivity index (χ2n) is 7.63. The summed E-state index contributed by atoms with van der Waals surface area (Å²) in [5.74, 6) is 0.710. The summed E-state index contributed by atoms with van der Waals surface area (Å²) in [6, 6.07) is 10.0. The van der Waals surface area contributed by atoms with Gasteiger partial charge in [0.15, 0.2) is 12.0 Å². The highest BCUT2D eigenvalue weighted by atomic mass is 16.9. The molecule has 0 radical (unpaired) electrons. The molecular formula is C20H33N2O4+. The van der Waals surface area contributed by atoms with E-state index in [1.165, 1.54) is 5.56 Å². The van der Waals surface area contributed by atoms with Crippen molar-refractivity contribution < 1.29 is 25.1 Å². The van der Waals surface area contributed by atoms with Gasteiger partial charge in [-0.3, -0.25) is 10.6 Å². The summed E-state index contributed by atoms with van der Waals surface area (Å²) in [5.41, 5.74) is 7.73. The van der Waals surface area contributed by atoms with Crippen LogP contribution in [-0.2, 0) is 16.0 Å². The second-order valence-corrected chi connectivity index (χ2v) is 7.63. The molecule has 5 N–H and O–H groups in total. The predicted molar refractivity (Wildman–Crippen MR) is 98.9 cm³/mol. The number of ether oxygens (including phenoxy) is 1. The van der Waals surface area contributed by atoms with Gasteiger partial charge in [-0.2, -0.15) is 5.21 Å². The molecule has 1 aromatic carbocycles. The van der Waals surface area contributed by atoms with E-state index in [-0.39, 0.29) is 10.6 Å². The highest BCUT2D eigenvalue weighted by Crippen LogP contribution is 2.42. The van der Waals surface area contributed by atoms with Crippen LogP contribution in [0.15, 0.2) is 41.7 Å². The van der Waals surface area contributed by atoms with Gasteiger partial charge in [0, 0.05) is 19.8 Å². The van der Waals surface area contributed by atoms with Gasteiger partial charge < -0.3 is 9.84 Å². The highest BCUT2D eigenvalue weighted by molar-refractivity contribution is 5.20. The van der Waals surface area contributed by atoms with Crippen LogP contribution in [0.25, 0.3) is 0 Å². The van der Waals surface area contributed by atoms with E-state index < -0.39 is 12.5 Å². The molecule has 1 aromatic rings. The van der Waals surface area contributed by atoms with Crippen molar-refractivity contribution >= 4 is 0 Å². The van der Waals surface area contributed by atoms with E-state index in [0.29, 0.717) is 18.8 Å². The zero-order valence-electron chi connectivity index (χ0n) is 16.1. The number of nitrogens with one attached hydrogen (secondary N) is 1. The minimum Gasteiger partial charge on any atom is -0.368 e. The van der Waals surface area contributed by atoms with Crippen molar-refractivity contribution in [3.63, 3.8) is 0 Å². The fourth-order valence-electron chi connectivity index (χ4n) is 3.28. The molecule has 3 unspecified atom stereocenters. The van der Waals surface area contributed by atoms with Crippen LogP contribution < -0.4 is 11.0 Å². The molecule has 0 saturated heterocycles. The molecule has 0 saturated carbocycles. The molecule has 2 rings (SSSR count). The van der Waals surface area contributed by atoms with E-state index in [1.807, 2.05) is 30.3 Å². The molecule has 3 atom stereocenters. The summed E-state index contributed by atoms with van der Waals surface area (Å²) in [7, 11) is 0. The fourth-order valence-corrected chi connectivity index (χ4v) is 3.28. The first kappa shape index (κ1) is 20.9. The Morgan fingerprint density at radius 1 is 1.27 bits per heavy atom. The number of allylic oxidation sites excluding steroid dienone is 1. The summed E-state index contributed by atoms with van der Waals surface area (Å²) in [6.07, 6.45) is 2.37. The number of hydrogen-bond donors (Lipinski definition) is 4. The third kappa shape index (κ3) is 6.07. The summed E-state index contributed by atoms with van der Waals surface area (Å²) in [6.45, 7) is 6.38. The van der Waals surface area contributed by atoms with Gasteiger partial charge in [0.05, 0.1) is 6.61 Å². The average molecular weight is 365 g/mol. The molecule has 0 heterocycles. The molecular weight excluding hydrogens is 332 g/mol. The predicted octanol–water partition coefficient (Wildman–Crippen LogP) is 1.93. The van der Waals surface area contributed by atoms with Crippen molar-refractivity contribution in [3.05, 3.63) is 47.2 Å². The molecule has 0 spiro atoms. The maximum absolute atomic E-state index is 10.4. The van der Waals surface area contributed by atoms with E-state index >= 15 is 0 Å². The normalized spacial score (nSPS) is 20.5. The molecule has 26 heavy (non-hydrogen) atoms. The molecule has 1 aliphatic rings. The first-order valence-electron chi connectivity index (χ1n) is 9.35. The molecule has 1 aliphatic carbocycles. The second kappa shape index (κ2) is 9.48. The standard InChI is InChI=1S/C20H32N2O4/c1-15(21)22(24)26-18-10-7-12-20(2,3)17(18)14-19(23)25-13-11-16-8-5-4-6-9-16/h4-6,8-9,15,19,23-24H,7,10-14,21H2,1-3H3/p+1. The zero-order chi connectivity index (χ0) is 19.2. The lowest BCUT2D eigenvalue weighted by molar-refractivity contribution is -1.25. The summed E-state index contributed by atoms with van der Waals surface area (Å²) in [5, 5.41) is 20.1. The molecule has 0 aliphatic heterocycles. The van der Waals surface area contributed by atoms with Crippen molar-refractivity contribution in [2.24, 2.45) is 11.1 Å². The van der Waals surface area contributed by atoms with Gasteiger partial charge in [-0.1, -0.05) is 44.2 Å². The largest absolute Gasteiger partial charge is 0.368 e. The Hall–Kier alpha value is -1.44. The van der Waals surface area contributed by atoms with Crippen molar-refractivity contribution in [1.82, 2.24) is 0 Å². The summed E-state index contributed by atoms with van der Waals surface area (Å²) >= 11 is 0. The van der Waals surface area contributed by atoms with Crippen molar-refractivity contribution in [2.45, 2.75) is 65.3 Å². The highest BCUT2D eigenvalue weighted by Gasteiger charge is 2.34.